The number of anilines is 1. The summed E-state index contributed by atoms with van der Waals surface area (Å²) in [5.74, 6) is -1.63. The average Bonchev–Trinajstić information content (AvgIpc) is 3.09. The Kier molecular flexibility index (Phi) is 4.66. The molecule has 12 heteroatoms. The standard InChI is InChI=1S/C14H9N5O6S/c20-9(16-14-15-5-10(26-14)19(23)24)6-25-13(22)11-7-3-1-2-4-8(7)12(21)18-17-11/h1-5H,6H2,(H,18,21)(H,15,16,20). The number of aromatic amines is 1. The molecular formula is C14H9N5O6S. The van der Waals surface area contributed by atoms with Crippen LogP contribution in [0.4, 0.5) is 10.1 Å². The van der Waals surface area contributed by atoms with E-state index in [-0.39, 0.29) is 26.6 Å². The fraction of sp³-hybridized carbons (Fsp3) is 0.0714. The number of rotatable bonds is 5. The number of hydrogen-bond donors (Lipinski definition) is 2. The molecule has 0 aliphatic rings. The lowest BCUT2D eigenvalue weighted by molar-refractivity contribution is -0.380. The Morgan fingerprint density at radius 2 is 2.04 bits per heavy atom. The molecule has 3 rings (SSSR count). The number of ether oxygens (including phenoxy) is 1. The molecule has 0 radical (unpaired) electrons. The number of nitrogens with one attached hydrogen (secondary N) is 2. The molecular weight excluding hydrogens is 366 g/mol. The molecule has 11 nitrogen and oxygen atoms in total. The fourth-order valence-electron chi connectivity index (χ4n) is 2.03. The number of hydrogen-bond acceptors (Lipinski definition) is 9. The fourth-order valence-corrected chi connectivity index (χ4v) is 2.68. The van der Waals surface area contributed by atoms with Gasteiger partial charge in [0.1, 0.15) is 6.20 Å². The number of benzene rings is 1. The summed E-state index contributed by atoms with van der Waals surface area (Å²) >= 11 is 0.669. The minimum absolute atomic E-state index is 0.00497. The highest BCUT2D eigenvalue weighted by molar-refractivity contribution is 7.18. The number of carbonyl (C=O) groups excluding carboxylic acids is 2. The average molecular weight is 375 g/mol. The quantitative estimate of drug-likeness (QED) is 0.381. The van der Waals surface area contributed by atoms with E-state index in [2.05, 4.69) is 20.5 Å². The van der Waals surface area contributed by atoms with Crippen LogP contribution in [0.3, 0.4) is 0 Å². The Labute approximate surface area is 147 Å². The summed E-state index contributed by atoms with van der Waals surface area (Å²) in [4.78, 5) is 49.2. The summed E-state index contributed by atoms with van der Waals surface area (Å²) in [6.45, 7) is -0.651. The number of nitrogens with zero attached hydrogens (tertiary/aromatic N) is 3. The van der Waals surface area contributed by atoms with Gasteiger partial charge in [0.25, 0.3) is 11.5 Å². The van der Waals surface area contributed by atoms with E-state index in [1.165, 1.54) is 12.1 Å². The van der Waals surface area contributed by atoms with E-state index in [0.717, 1.165) is 6.20 Å². The smallest absolute Gasteiger partial charge is 0.359 e. The Bertz CT molecular complexity index is 1070. The summed E-state index contributed by atoms with van der Waals surface area (Å²) < 4.78 is 4.87. The van der Waals surface area contributed by atoms with Crippen LogP contribution < -0.4 is 10.9 Å². The van der Waals surface area contributed by atoms with Crippen molar-refractivity contribution in [3.05, 3.63) is 56.6 Å². The van der Waals surface area contributed by atoms with E-state index in [0.29, 0.717) is 11.3 Å². The third-order valence-electron chi connectivity index (χ3n) is 3.14. The molecule has 0 aliphatic heterocycles. The van der Waals surface area contributed by atoms with Crippen LogP contribution in [-0.4, -0.2) is 38.6 Å². The number of nitro groups is 1. The first-order chi connectivity index (χ1) is 12.5. The summed E-state index contributed by atoms with van der Waals surface area (Å²) in [6.07, 6.45) is 1.00. The van der Waals surface area contributed by atoms with Gasteiger partial charge >= 0.3 is 11.0 Å². The number of amides is 1. The molecule has 0 saturated heterocycles. The van der Waals surface area contributed by atoms with Crippen LogP contribution in [-0.2, 0) is 9.53 Å². The van der Waals surface area contributed by atoms with Gasteiger partial charge in [-0.2, -0.15) is 5.10 Å². The SMILES string of the molecule is O=C(COC(=O)c1n[nH]c(=O)c2ccccc12)Nc1ncc([N+](=O)[O-])s1. The van der Waals surface area contributed by atoms with E-state index >= 15 is 0 Å². The molecule has 0 unspecified atom stereocenters. The Hall–Kier alpha value is -3.67. The lowest BCUT2D eigenvalue weighted by Gasteiger charge is -2.06. The highest BCUT2D eigenvalue weighted by Crippen LogP contribution is 2.24. The molecule has 0 spiro atoms. The van der Waals surface area contributed by atoms with E-state index in [1.807, 2.05) is 0 Å². The summed E-state index contributed by atoms with van der Waals surface area (Å²) in [6, 6.07) is 6.31. The number of H-pyrrole nitrogens is 1. The summed E-state index contributed by atoms with van der Waals surface area (Å²) in [5, 5.41) is 19.0. The molecule has 0 saturated carbocycles. The highest BCUT2D eigenvalue weighted by Gasteiger charge is 2.18. The minimum Gasteiger partial charge on any atom is -0.451 e. The molecule has 2 heterocycles. The maximum absolute atomic E-state index is 12.1. The van der Waals surface area contributed by atoms with Crippen molar-refractivity contribution in [2.45, 2.75) is 0 Å². The second kappa shape index (κ2) is 7.06. The highest BCUT2D eigenvalue weighted by atomic mass is 32.1. The van der Waals surface area contributed by atoms with Crippen LogP contribution in [0.1, 0.15) is 10.5 Å². The van der Waals surface area contributed by atoms with Gasteiger partial charge in [-0.3, -0.25) is 25.0 Å². The van der Waals surface area contributed by atoms with Crippen molar-refractivity contribution >= 4 is 44.1 Å². The predicted octanol–water partition coefficient (Wildman–Crippen LogP) is 1.08. The van der Waals surface area contributed by atoms with Gasteiger partial charge in [0.2, 0.25) is 0 Å². The van der Waals surface area contributed by atoms with Crippen molar-refractivity contribution in [1.82, 2.24) is 15.2 Å². The second-order valence-electron chi connectivity index (χ2n) is 4.83. The van der Waals surface area contributed by atoms with Crippen LogP contribution in [0.2, 0.25) is 0 Å². The molecule has 1 aromatic carbocycles. The topological polar surface area (TPSA) is 157 Å². The largest absolute Gasteiger partial charge is 0.451 e. The third-order valence-corrected chi connectivity index (χ3v) is 4.01. The van der Waals surface area contributed by atoms with Gasteiger partial charge < -0.3 is 4.74 Å². The lowest BCUT2D eigenvalue weighted by Crippen LogP contribution is -2.22. The molecule has 0 fully saturated rings. The van der Waals surface area contributed by atoms with Crippen molar-refractivity contribution in [1.29, 1.82) is 0 Å². The van der Waals surface area contributed by atoms with E-state index in [4.69, 9.17) is 4.74 Å². The van der Waals surface area contributed by atoms with Gasteiger partial charge in [-0.15, -0.1) is 0 Å². The summed E-state index contributed by atoms with van der Waals surface area (Å²) in [5.41, 5.74) is -0.599. The van der Waals surface area contributed by atoms with Crippen LogP contribution in [0, 0.1) is 10.1 Å². The second-order valence-corrected chi connectivity index (χ2v) is 5.84. The maximum atomic E-state index is 12.1. The molecule has 1 amide bonds. The monoisotopic (exact) mass is 375 g/mol. The first-order valence-corrected chi connectivity index (χ1v) is 7.82. The van der Waals surface area contributed by atoms with Crippen LogP contribution in [0.25, 0.3) is 10.8 Å². The summed E-state index contributed by atoms with van der Waals surface area (Å²) in [7, 11) is 0. The zero-order valence-corrected chi connectivity index (χ0v) is 13.6. The molecule has 2 N–H and O–H groups in total. The van der Waals surface area contributed by atoms with Crippen molar-refractivity contribution in [3.8, 4) is 0 Å². The Morgan fingerprint density at radius 1 is 1.31 bits per heavy atom. The number of carbonyl (C=O) groups is 2. The molecule has 26 heavy (non-hydrogen) atoms. The van der Waals surface area contributed by atoms with Crippen molar-refractivity contribution in [2.24, 2.45) is 0 Å². The number of esters is 1. The molecule has 3 aromatic rings. The minimum atomic E-state index is -0.905. The van der Waals surface area contributed by atoms with Crippen LogP contribution in [0.5, 0.6) is 0 Å². The number of aromatic nitrogens is 3. The lowest BCUT2D eigenvalue weighted by atomic mass is 10.1. The zero-order chi connectivity index (χ0) is 18.7. The number of fused-ring (bicyclic) bond motifs is 1. The van der Waals surface area contributed by atoms with Crippen LogP contribution in [0.15, 0.2) is 35.3 Å². The van der Waals surface area contributed by atoms with Gasteiger partial charge in [0, 0.05) is 5.39 Å². The number of thiazole rings is 1. The normalized spacial score (nSPS) is 10.5. The van der Waals surface area contributed by atoms with Crippen molar-refractivity contribution in [3.63, 3.8) is 0 Å². The first-order valence-electron chi connectivity index (χ1n) is 7.00. The molecule has 2 aromatic heterocycles. The molecule has 132 valence electrons. The molecule has 0 atom stereocenters. The first kappa shape index (κ1) is 17.2. The van der Waals surface area contributed by atoms with E-state index in [1.54, 1.807) is 12.1 Å². The third kappa shape index (κ3) is 3.54. The Morgan fingerprint density at radius 3 is 2.73 bits per heavy atom. The molecule has 0 bridgehead atoms. The van der Waals surface area contributed by atoms with Gasteiger partial charge in [0.15, 0.2) is 17.4 Å². The Balaban J connectivity index is 1.67. The maximum Gasteiger partial charge on any atom is 0.359 e. The van der Waals surface area contributed by atoms with Crippen LogP contribution >= 0.6 is 11.3 Å². The van der Waals surface area contributed by atoms with Crippen molar-refractivity contribution in [2.75, 3.05) is 11.9 Å². The van der Waals surface area contributed by atoms with Gasteiger partial charge in [-0.25, -0.2) is 14.9 Å². The van der Waals surface area contributed by atoms with Gasteiger partial charge in [0.05, 0.1) is 10.3 Å². The van der Waals surface area contributed by atoms with E-state index in [9.17, 15) is 24.5 Å². The predicted molar refractivity (Wildman–Crippen MR) is 90.0 cm³/mol. The zero-order valence-electron chi connectivity index (χ0n) is 12.8. The van der Waals surface area contributed by atoms with Crippen molar-refractivity contribution < 1.29 is 19.2 Å². The van der Waals surface area contributed by atoms with Gasteiger partial charge in [-0.1, -0.05) is 18.2 Å². The van der Waals surface area contributed by atoms with E-state index < -0.39 is 29.0 Å². The molecule has 0 aliphatic carbocycles. The van der Waals surface area contributed by atoms with Gasteiger partial charge in [-0.05, 0) is 17.4 Å².